The number of carboxylic acids is 1. The lowest BCUT2D eigenvalue weighted by atomic mass is 9.99. The van der Waals surface area contributed by atoms with Crippen LogP contribution >= 0.6 is 0 Å². The summed E-state index contributed by atoms with van der Waals surface area (Å²) in [6, 6.07) is 14.0. The lowest BCUT2D eigenvalue weighted by Gasteiger charge is -2.33. The molecule has 2 aromatic rings. The predicted octanol–water partition coefficient (Wildman–Crippen LogP) is 2.24. The minimum absolute atomic E-state index is 0.109. The van der Waals surface area contributed by atoms with Crippen molar-refractivity contribution in [1.29, 1.82) is 0 Å². The molecule has 2 N–H and O–H groups in total. The first-order valence-electron chi connectivity index (χ1n) is 10.1. The number of piperazine rings is 1. The van der Waals surface area contributed by atoms with E-state index >= 15 is 0 Å². The molecule has 154 valence electrons. The number of nitrogens with one attached hydrogen (secondary N) is 1. The van der Waals surface area contributed by atoms with Crippen molar-refractivity contribution in [3.05, 3.63) is 64.7 Å². The highest BCUT2D eigenvalue weighted by molar-refractivity contribution is 6.36. The van der Waals surface area contributed by atoms with E-state index in [1.807, 2.05) is 29.2 Å². The van der Waals surface area contributed by atoms with Crippen LogP contribution in [-0.4, -0.2) is 59.5 Å². The van der Waals surface area contributed by atoms with Gasteiger partial charge in [-0.25, -0.2) is 0 Å². The van der Waals surface area contributed by atoms with Crippen molar-refractivity contribution in [3.63, 3.8) is 0 Å². The number of rotatable bonds is 4. The molecule has 2 aromatic carbocycles. The zero-order chi connectivity index (χ0) is 20.7. The fourth-order valence-corrected chi connectivity index (χ4v) is 4.42. The molecule has 7 nitrogen and oxygen atoms in total. The van der Waals surface area contributed by atoms with Gasteiger partial charge in [-0.15, -0.1) is 0 Å². The zero-order valence-electron chi connectivity index (χ0n) is 16.6. The molecule has 7 heteroatoms. The van der Waals surface area contributed by atoms with E-state index in [1.165, 1.54) is 5.56 Å². The van der Waals surface area contributed by atoms with Gasteiger partial charge in [0.1, 0.15) is 12.4 Å². The molecule has 0 bridgehead atoms. The molecular weight excluding hydrogens is 382 g/mol. The predicted molar refractivity (Wildman–Crippen MR) is 112 cm³/mol. The molecule has 5 rings (SSSR count). The van der Waals surface area contributed by atoms with Gasteiger partial charge >= 0.3 is 5.97 Å². The molecule has 0 saturated carbocycles. The smallest absolute Gasteiger partial charge is 0.317 e. The van der Waals surface area contributed by atoms with Gasteiger partial charge in [0, 0.05) is 55.1 Å². The highest BCUT2D eigenvalue weighted by Crippen LogP contribution is 2.41. The van der Waals surface area contributed by atoms with Crippen molar-refractivity contribution in [2.75, 3.05) is 38.0 Å². The van der Waals surface area contributed by atoms with Crippen LogP contribution in [0.15, 0.2) is 42.5 Å². The number of amides is 1. The van der Waals surface area contributed by atoms with Gasteiger partial charge in [-0.05, 0) is 11.6 Å². The molecule has 30 heavy (non-hydrogen) atoms. The number of para-hydroxylation sites is 1. The van der Waals surface area contributed by atoms with E-state index < -0.39 is 5.97 Å². The number of hydrogen-bond donors (Lipinski definition) is 2. The summed E-state index contributed by atoms with van der Waals surface area (Å²) in [5, 5.41) is 11.8. The van der Waals surface area contributed by atoms with Gasteiger partial charge in [0.15, 0.2) is 0 Å². The second-order valence-electron chi connectivity index (χ2n) is 7.93. The number of aliphatic carboxylic acids is 1. The van der Waals surface area contributed by atoms with Crippen molar-refractivity contribution in [1.82, 2.24) is 9.80 Å². The van der Waals surface area contributed by atoms with E-state index in [9.17, 15) is 9.59 Å². The highest BCUT2D eigenvalue weighted by Gasteiger charge is 2.32. The van der Waals surface area contributed by atoms with E-state index in [0.29, 0.717) is 17.9 Å². The average molecular weight is 405 g/mol. The summed E-state index contributed by atoms with van der Waals surface area (Å²) in [6.07, 6.45) is 0. The van der Waals surface area contributed by atoms with E-state index in [2.05, 4.69) is 28.4 Å². The summed E-state index contributed by atoms with van der Waals surface area (Å²) in [7, 11) is 0. The van der Waals surface area contributed by atoms with Gasteiger partial charge in [0.05, 0.1) is 12.1 Å². The minimum Gasteiger partial charge on any atom is -0.487 e. The molecular formula is C23H23N3O4. The summed E-state index contributed by atoms with van der Waals surface area (Å²) in [6.45, 7) is 4.64. The molecule has 0 atom stereocenters. The third kappa shape index (κ3) is 3.46. The molecule has 1 saturated heterocycles. The van der Waals surface area contributed by atoms with Gasteiger partial charge < -0.3 is 15.2 Å². The first kappa shape index (κ1) is 18.8. The Hall–Kier alpha value is -3.16. The van der Waals surface area contributed by atoms with Crippen molar-refractivity contribution >= 4 is 28.9 Å². The number of hydrogen-bond acceptors (Lipinski definition) is 5. The second kappa shape index (κ2) is 7.59. The largest absolute Gasteiger partial charge is 0.487 e. The normalized spacial score (nSPS) is 21.1. The first-order valence-corrected chi connectivity index (χ1v) is 10.1. The molecule has 0 unspecified atom stereocenters. The quantitative estimate of drug-likeness (QED) is 0.760. The number of nitrogens with zero attached hydrogens (tertiary/aromatic N) is 2. The number of carboxylic acid groups (broad SMARTS) is 1. The molecule has 3 aliphatic heterocycles. The standard InChI is InChI=1S/C23H23N3O4/c27-20(28)13-26-9-7-25(8-10-26)12-15-5-6-17-16(11-15)14-30-22(17)21-18-3-1-2-4-19(18)24-23(21)29/h1-6,11H,7-10,12-14H2,(H,24,29)(H,27,28). The Morgan fingerprint density at radius 3 is 2.60 bits per heavy atom. The highest BCUT2D eigenvalue weighted by atomic mass is 16.5. The average Bonchev–Trinajstić information content (AvgIpc) is 3.28. The van der Waals surface area contributed by atoms with Crippen molar-refractivity contribution in [3.8, 4) is 0 Å². The third-order valence-corrected chi connectivity index (χ3v) is 5.91. The van der Waals surface area contributed by atoms with Crippen molar-refractivity contribution < 1.29 is 19.4 Å². The molecule has 3 heterocycles. The number of fused-ring (bicyclic) bond motifs is 2. The van der Waals surface area contributed by atoms with E-state index in [0.717, 1.165) is 55.1 Å². The van der Waals surface area contributed by atoms with Crippen LogP contribution in [0.4, 0.5) is 5.69 Å². The molecule has 1 amide bonds. The third-order valence-electron chi connectivity index (χ3n) is 5.91. The number of anilines is 1. The summed E-state index contributed by atoms with van der Waals surface area (Å²) in [5.41, 5.74) is 5.58. The fraction of sp³-hybridized carbons (Fsp3) is 0.304. The number of carbonyl (C=O) groups is 2. The fourth-order valence-electron chi connectivity index (χ4n) is 4.42. The summed E-state index contributed by atoms with van der Waals surface area (Å²) >= 11 is 0. The van der Waals surface area contributed by atoms with Crippen LogP contribution in [0.5, 0.6) is 0 Å². The van der Waals surface area contributed by atoms with Crippen molar-refractivity contribution in [2.45, 2.75) is 13.2 Å². The van der Waals surface area contributed by atoms with Gasteiger partial charge in [0.25, 0.3) is 5.91 Å². The molecule has 0 radical (unpaired) electrons. The maximum atomic E-state index is 12.6. The lowest BCUT2D eigenvalue weighted by molar-refractivity contribution is -0.138. The van der Waals surface area contributed by atoms with Gasteiger partial charge in [0.2, 0.25) is 0 Å². The number of carbonyl (C=O) groups excluding carboxylic acids is 1. The van der Waals surface area contributed by atoms with Crippen LogP contribution in [0.25, 0.3) is 11.3 Å². The van der Waals surface area contributed by atoms with Crippen LogP contribution in [-0.2, 0) is 27.5 Å². The molecule has 1 fully saturated rings. The summed E-state index contributed by atoms with van der Waals surface area (Å²) < 4.78 is 5.97. The van der Waals surface area contributed by atoms with Gasteiger partial charge in [-0.2, -0.15) is 0 Å². The monoisotopic (exact) mass is 405 g/mol. The maximum absolute atomic E-state index is 12.6. The van der Waals surface area contributed by atoms with Crippen molar-refractivity contribution in [2.24, 2.45) is 0 Å². The Morgan fingerprint density at radius 2 is 1.80 bits per heavy atom. The van der Waals surface area contributed by atoms with Crippen LogP contribution in [0, 0.1) is 0 Å². The van der Waals surface area contributed by atoms with E-state index in [-0.39, 0.29) is 12.5 Å². The van der Waals surface area contributed by atoms with Crippen LogP contribution in [0.2, 0.25) is 0 Å². The lowest BCUT2D eigenvalue weighted by Crippen LogP contribution is -2.47. The number of benzene rings is 2. The Bertz CT molecular complexity index is 1050. The van der Waals surface area contributed by atoms with Crippen LogP contribution < -0.4 is 5.32 Å². The maximum Gasteiger partial charge on any atom is 0.317 e. The van der Waals surface area contributed by atoms with Gasteiger partial charge in [-0.3, -0.25) is 19.4 Å². The molecule has 0 spiro atoms. The SMILES string of the molecule is O=C(O)CN1CCN(Cc2ccc3c(c2)COC3=C2C(=O)Nc3ccccc32)CC1. The van der Waals surface area contributed by atoms with Gasteiger partial charge in [-0.1, -0.05) is 36.4 Å². The Balaban J connectivity index is 1.33. The first-order chi connectivity index (χ1) is 14.6. The second-order valence-corrected chi connectivity index (χ2v) is 7.93. The number of ether oxygens (including phenoxy) is 1. The summed E-state index contributed by atoms with van der Waals surface area (Å²) in [5.74, 6) is -0.241. The molecule has 0 aliphatic carbocycles. The van der Waals surface area contributed by atoms with Crippen LogP contribution in [0.1, 0.15) is 22.3 Å². The van der Waals surface area contributed by atoms with E-state index in [4.69, 9.17) is 9.84 Å². The summed E-state index contributed by atoms with van der Waals surface area (Å²) in [4.78, 5) is 27.7. The van der Waals surface area contributed by atoms with E-state index in [1.54, 1.807) is 0 Å². The molecule has 3 aliphatic rings. The Kier molecular flexibility index (Phi) is 4.77. The Morgan fingerprint density at radius 1 is 1.03 bits per heavy atom. The molecule has 0 aromatic heterocycles. The van der Waals surface area contributed by atoms with Crippen LogP contribution in [0.3, 0.4) is 0 Å². The minimum atomic E-state index is -0.773. The zero-order valence-corrected chi connectivity index (χ0v) is 16.6. The topological polar surface area (TPSA) is 82.1 Å². The Labute approximate surface area is 174 Å².